The van der Waals surface area contributed by atoms with Gasteiger partial charge in [0.1, 0.15) is 96.1 Å². The third-order valence-corrected chi connectivity index (χ3v) is 11.0. The van der Waals surface area contributed by atoms with Gasteiger partial charge in [0.2, 0.25) is 0 Å². The van der Waals surface area contributed by atoms with Crippen LogP contribution in [0.15, 0.2) is 133 Å². The lowest BCUT2D eigenvalue weighted by atomic mass is 9.95. The zero-order valence-electron chi connectivity index (χ0n) is 39.0. The minimum absolute atomic E-state index is 0.319. The molecule has 11 nitrogen and oxygen atoms in total. The van der Waals surface area contributed by atoms with E-state index in [0.717, 1.165) is 70.9 Å². The molecule has 3 atom stereocenters. The fourth-order valence-electron chi connectivity index (χ4n) is 7.20. The van der Waals surface area contributed by atoms with Crippen molar-refractivity contribution in [3.05, 3.63) is 156 Å². The highest BCUT2D eigenvalue weighted by Gasteiger charge is 2.23. The molecular formula is C55H63NO10. The van der Waals surface area contributed by atoms with E-state index >= 15 is 0 Å². The Kier molecular flexibility index (Phi) is 18.7. The Balaban J connectivity index is 1.23. The molecule has 348 valence electrons. The summed E-state index contributed by atoms with van der Waals surface area (Å²) in [6.07, 6.45) is 4.77. The number of rotatable bonds is 28. The standard InChI is InChI=1S/C55H63NO10/c1-7-8-9-39(2)26-52(65-53-29-48(61-35-40-10-18-44(57-3)19-11-40)27-49(30-53)62-36-41-12-20-45(58-4)21-13-41)33-55(34-56)66-54-31-50(63-37-42-14-22-46(59-5)23-15-42)28-51(32-54)64-38-43-16-24-47(60-6)25-17-43/h10-25,27-32,34,39,52,55-56H,7-9,26,33,35-38H2,1-6H3/t39-,52?,55?/m1/s1. The molecule has 0 saturated heterocycles. The van der Waals surface area contributed by atoms with E-state index < -0.39 is 6.10 Å². The molecule has 0 heterocycles. The van der Waals surface area contributed by atoms with Crippen LogP contribution >= 0.6 is 0 Å². The van der Waals surface area contributed by atoms with Crippen molar-refractivity contribution in [1.29, 1.82) is 5.41 Å². The predicted molar refractivity (Wildman–Crippen MR) is 258 cm³/mol. The quantitative estimate of drug-likeness (QED) is 0.0477. The molecule has 6 rings (SSSR count). The maximum Gasteiger partial charge on any atom is 0.137 e. The molecule has 0 radical (unpaired) electrons. The highest BCUT2D eigenvalue weighted by atomic mass is 16.5. The zero-order valence-corrected chi connectivity index (χ0v) is 39.0. The van der Waals surface area contributed by atoms with Crippen molar-refractivity contribution in [1.82, 2.24) is 0 Å². The Morgan fingerprint density at radius 1 is 0.424 bits per heavy atom. The number of hydrogen-bond acceptors (Lipinski definition) is 11. The van der Waals surface area contributed by atoms with Crippen LogP contribution < -0.4 is 47.4 Å². The van der Waals surface area contributed by atoms with Gasteiger partial charge in [-0.05, 0) is 83.1 Å². The molecule has 6 aromatic carbocycles. The van der Waals surface area contributed by atoms with Crippen LogP contribution in [0, 0.1) is 11.3 Å². The second-order valence-electron chi connectivity index (χ2n) is 16.1. The molecule has 0 bridgehead atoms. The Bertz CT molecular complexity index is 2210. The monoisotopic (exact) mass is 897 g/mol. The second-order valence-corrected chi connectivity index (χ2v) is 16.1. The minimum atomic E-state index is -0.639. The number of benzene rings is 6. The normalized spacial score (nSPS) is 12.2. The number of nitrogens with one attached hydrogen (secondary N) is 1. The Morgan fingerprint density at radius 2 is 0.742 bits per heavy atom. The third kappa shape index (κ3) is 15.6. The van der Waals surface area contributed by atoms with Crippen molar-refractivity contribution in [2.45, 2.75) is 84.6 Å². The van der Waals surface area contributed by atoms with E-state index in [1.165, 1.54) is 6.21 Å². The molecule has 6 aromatic rings. The van der Waals surface area contributed by atoms with E-state index in [0.29, 0.717) is 73.3 Å². The minimum Gasteiger partial charge on any atom is -0.497 e. The molecule has 66 heavy (non-hydrogen) atoms. The van der Waals surface area contributed by atoms with Crippen LogP contribution in [0.3, 0.4) is 0 Å². The van der Waals surface area contributed by atoms with Crippen molar-refractivity contribution in [2.75, 3.05) is 28.4 Å². The first-order chi connectivity index (χ1) is 32.2. The first-order valence-electron chi connectivity index (χ1n) is 22.4. The van der Waals surface area contributed by atoms with Gasteiger partial charge in [-0.3, -0.25) is 0 Å². The van der Waals surface area contributed by atoms with Crippen LogP contribution in [0.5, 0.6) is 57.5 Å². The summed E-state index contributed by atoms with van der Waals surface area (Å²) in [5.41, 5.74) is 3.92. The van der Waals surface area contributed by atoms with E-state index in [2.05, 4.69) is 13.8 Å². The van der Waals surface area contributed by atoms with Gasteiger partial charge in [0.15, 0.2) is 0 Å². The van der Waals surface area contributed by atoms with Gasteiger partial charge in [-0.25, -0.2) is 0 Å². The van der Waals surface area contributed by atoms with E-state index in [1.54, 1.807) is 28.4 Å². The third-order valence-electron chi connectivity index (χ3n) is 11.0. The van der Waals surface area contributed by atoms with Gasteiger partial charge in [0.05, 0.1) is 28.4 Å². The van der Waals surface area contributed by atoms with Crippen molar-refractivity contribution >= 4 is 6.21 Å². The highest BCUT2D eigenvalue weighted by Crippen LogP contribution is 2.34. The maximum atomic E-state index is 8.58. The number of ether oxygens (including phenoxy) is 10. The molecular weight excluding hydrogens is 835 g/mol. The molecule has 2 unspecified atom stereocenters. The van der Waals surface area contributed by atoms with Gasteiger partial charge in [-0.15, -0.1) is 0 Å². The fourth-order valence-corrected chi connectivity index (χ4v) is 7.20. The van der Waals surface area contributed by atoms with Crippen LogP contribution in [0.2, 0.25) is 0 Å². The lowest BCUT2D eigenvalue weighted by Gasteiger charge is -2.26. The van der Waals surface area contributed by atoms with Crippen LogP contribution in [0.25, 0.3) is 0 Å². The lowest BCUT2D eigenvalue weighted by Crippen LogP contribution is -2.30. The summed E-state index contributed by atoms with van der Waals surface area (Å²) in [5.74, 6) is 6.86. The van der Waals surface area contributed by atoms with Crippen LogP contribution in [0.4, 0.5) is 0 Å². The predicted octanol–water partition coefficient (Wildman–Crippen LogP) is 12.5. The Labute approximate surface area is 389 Å². The van der Waals surface area contributed by atoms with E-state index in [-0.39, 0.29) is 6.10 Å². The van der Waals surface area contributed by atoms with Gasteiger partial charge >= 0.3 is 0 Å². The molecule has 0 aliphatic rings. The summed E-state index contributed by atoms with van der Waals surface area (Å²) in [6.45, 7) is 5.76. The Morgan fingerprint density at radius 3 is 1.05 bits per heavy atom. The first kappa shape index (κ1) is 48.4. The van der Waals surface area contributed by atoms with Gasteiger partial charge in [0.25, 0.3) is 0 Å². The molecule has 0 fully saturated rings. The largest absolute Gasteiger partial charge is 0.497 e. The SMILES string of the molecule is CCCC[C@@H](C)CC(CC(C=N)Oc1cc(OCc2ccc(OC)cc2)cc(OCc2ccc(OC)cc2)c1)Oc1cc(OCc2ccc(OC)cc2)cc(OCc2ccc(OC)cc2)c1. The molecule has 0 aliphatic carbocycles. The van der Waals surface area contributed by atoms with Crippen LogP contribution in [-0.4, -0.2) is 46.9 Å². The molecule has 11 heteroatoms. The van der Waals surface area contributed by atoms with Gasteiger partial charge in [-0.2, -0.15) is 0 Å². The van der Waals surface area contributed by atoms with Crippen molar-refractivity contribution in [3.63, 3.8) is 0 Å². The van der Waals surface area contributed by atoms with Gasteiger partial charge in [0, 0.05) is 49.0 Å². The maximum absolute atomic E-state index is 8.58. The smallest absolute Gasteiger partial charge is 0.137 e. The fraction of sp³-hybridized carbons (Fsp3) is 0.327. The molecule has 0 saturated carbocycles. The van der Waals surface area contributed by atoms with Crippen molar-refractivity contribution < 1.29 is 47.4 Å². The zero-order chi connectivity index (χ0) is 46.5. The average Bonchev–Trinajstić information content (AvgIpc) is 3.35. The molecule has 0 spiro atoms. The van der Waals surface area contributed by atoms with Gasteiger partial charge in [-0.1, -0.05) is 81.6 Å². The Hall–Kier alpha value is -7.01. The van der Waals surface area contributed by atoms with Crippen LogP contribution in [0.1, 0.15) is 68.2 Å². The van der Waals surface area contributed by atoms with Crippen LogP contribution in [-0.2, 0) is 26.4 Å². The van der Waals surface area contributed by atoms with Gasteiger partial charge < -0.3 is 52.8 Å². The van der Waals surface area contributed by atoms with Crippen molar-refractivity contribution in [2.24, 2.45) is 5.92 Å². The summed E-state index contributed by atoms with van der Waals surface area (Å²) in [5, 5.41) is 8.58. The molecule has 1 N–H and O–H groups in total. The summed E-state index contributed by atoms with van der Waals surface area (Å²) >= 11 is 0. The molecule has 0 aromatic heterocycles. The van der Waals surface area contributed by atoms with E-state index in [4.69, 9.17) is 52.8 Å². The number of hydrogen-bond donors (Lipinski definition) is 1. The molecule has 0 amide bonds. The topological polar surface area (TPSA) is 116 Å². The summed E-state index contributed by atoms with van der Waals surface area (Å²) in [7, 11) is 6.58. The molecule has 0 aliphatic heterocycles. The summed E-state index contributed by atoms with van der Waals surface area (Å²) < 4.78 is 60.2. The summed E-state index contributed by atoms with van der Waals surface area (Å²) in [6, 6.07) is 42.2. The number of methoxy groups -OCH3 is 4. The average molecular weight is 898 g/mol. The number of unbranched alkanes of at least 4 members (excludes halogenated alkanes) is 1. The second kappa shape index (κ2) is 25.5. The first-order valence-corrected chi connectivity index (χ1v) is 22.4. The highest BCUT2D eigenvalue weighted by molar-refractivity contribution is 5.60. The summed E-state index contributed by atoms with van der Waals surface area (Å²) in [4.78, 5) is 0. The van der Waals surface area contributed by atoms with E-state index in [1.807, 2.05) is 133 Å². The van der Waals surface area contributed by atoms with Crippen molar-refractivity contribution in [3.8, 4) is 57.5 Å². The van der Waals surface area contributed by atoms with E-state index in [9.17, 15) is 0 Å². The lowest BCUT2D eigenvalue weighted by molar-refractivity contribution is 0.119.